The zero-order valence-corrected chi connectivity index (χ0v) is 22.6. The standard InChI is InChI=1S/C28H38O7S/c1-6-36-26-25(32-18-21-15-11-8-12-16-21)24-23(34-27(2,29-4)28(3,30-5)35-24)22(33-26)19-31-17-20-13-9-7-10-14-20/h7-16,22-26H,6,17-19H2,1-5H3/t22-,23-,24+,25-,26+,27?,28?/m1/s1. The summed E-state index contributed by atoms with van der Waals surface area (Å²) in [6, 6.07) is 20.2. The highest BCUT2D eigenvalue weighted by molar-refractivity contribution is 7.99. The van der Waals surface area contributed by atoms with Crippen molar-refractivity contribution >= 4 is 11.8 Å². The van der Waals surface area contributed by atoms with Gasteiger partial charge >= 0.3 is 0 Å². The molecule has 2 heterocycles. The monoisotopic (exact) mass is 518 g/mol. The molecule has 36 heavy (non-hydrogen) atoms. The van der Waals surface area contributed by atoms with Gasteiger partial charge in [0, 0.05) is 14.2 Å². The molecule has 4 rings (SSSR count). The third-order valence-corrected chi connectivity index (χ3v) is 7.97. The second-order valence-electron chi connectivity index (χ2n) is 9.22. The predicted octanol–water partition coefficient (Wildman–Crippen LogP) is 4.78. The fourth-order valence-electron chi connectivity index (χ4n) is 4.60. The number of benzene rings is 2. The summed E-state index contributed by atoms with van der Waals surface area (Å²) in [6.45, 7) is 7.02. The number of methoxy groups -OCH3 is 2. The quantitative estimate of drug-likeness (QED) is 0.421. The van der Waals surface area contributed by atoms with Gasteiger partial charge in [0.25, 0.3) is 0 Å². The van der Waals surface area contributed by atoms with Crippen LogP contribution in [0, 0.1) is 0 Å². The van der Waals surface area contributed by atoms with Crippen molar-refractivity contribution in [1.29, 1.82) is 0 Å². The number of thioether (sulfide) groups is 1. The summed E-state index contributed by atoms with van der Waals surface area (Å²) < 4.78 is 44.0. The molecule has 0 spiro atoms. The van der Waals surface area contributed by atoms with Gasteiger partial charge in [-0.1, -0.05) is 67.6 Å². The fraction of sp³-hybridized carbons (Fsp3) is 0.571. The van der Waals surface area contributed by atoms with Crippen LogP contribution in [0.25, 0.3) is 0 Å². The van der Waals surface area contributed by atoms with Crippen molar-refractivity contribution < 1.29 is 33.2 Å². The molecule has 2 aliphatic heterocycles. The summed E-state index contributed by atoms with van der Waals surface area (Å²) in [4.78, 5) is 0. The minimum atomic E-state index is -1.15. The molecule has 7 nitrogen and oxygen atoms in total. The Morgan fingerprint density at radius 2 is 1.36 bits per heavy atom. The van der Waals surface area contributed by atoms with Crippen LogP contribution in [-0.4, -0.2) is 68.0 Å². The minimum Gasteiger partial charge on any atom is -0.374 e. The highest BCUT2D eigenvalue weighted by Crippen LogP contribution is 2.45. The fourth-order valence-corrected chi connectivity index (χ4v) is 5.57. The van der Waals surface area contributed by atoms with Crippen molar-refractivity contribution in [2.24, 2.45) is 0 Å². The Labute approximate surface area is 218 Å². The maximum Gasteiger partial charge on any atom is 0.220 e. The summed E-state index contributed by atoms with van der Waals surface area (Å²) in [7, 11) is 3.18. The van der Waals surface area contributed by atoms with Gasteiger partial charge in [-0.05, 0) is 30.7 Å². The van der Waals surface area contributed by atoms with Crippen LogP contribution in [0.4, 0.5) is 0 Å². The van der Waals surface area contributed by atoms with E-state index in [-0.39, 0.29) is 17.6 Å². The molecule has 8 heteroatoms. The topological polar surface area (TPSA) is 64.6 Å². The Kier molecular flexibility index (Phi) is 9.46. The average molecular weight is 519 g/mol. The van der Waals surface area contributed by atoms with Crippen LogP contribution in [0.1, 0.15) is 31.9 Å². The molecule has 2 fully saturated rings. The van der Waals surface area contributed by atoms with E-state index in [4.69, 9.17) is 33.2 Å². The van der Waals surface area contributed by atoms with Gasteiger partial charge in [-0.2, -0.15) is 0 Å². The molecule has 0 amide bonds. The van der Waals surface area contributed by atoms with Gasteiger partial charge in [0.1, 0.15) is 29.9 Å². The second-order valence-corrected chi connectivity index (χ2v) is 10.6. The van der Waals surface area contributed by atoms with Gasteiger partial charge in [0.2, 0.25) is 11.6 Å². The number of rotatable bonds is 11. The van der Waals surface area contributed by atoms with Crippen LogP contribution in [0.2, 0.25) is 0 Å². The zero-order valence-electron chi connectivity index (χ0n) is 21.8. The molecular weight excluding hydrogens is 480 g/mol. The molecule has 2 aromatic rings. The lowest BCUT2D eigenvalue weighted by molar-refractivity contribution is -0.471. The predicted molar refractivity (Wildman–Crippen MR) is 138 cm³/mol. The second kappa shape index (κ2) is 12.4. The molecule has 2 saturated heterocycles. The van der Waals surface area contributed by atoms with E-state index in [9.17, 15) is 0 Å². The summed E-state index contributed by atoms with van der Waals surface area (Å²) >= 11 is 1.69. The summed E-state index contributed by atoms with van der Waals surface area (Å²) in [5.41, 5.74) is 1.92. The Bertz CT molecular complexity index is 932. The molecule has 0 bridgehead atoms. The normalized spacial score (nSPS) is 34.3. The van der Waals surface area contributed by atoms with Gasteiger partial charge < -0.3 is 33.2 Å². The first-order valence-electron chi connectivity index (χ1n) is 12.4. The molecular formula is C28H38O7S. The Hall–Kier alpha value is -1.49. The van der Waals surface area contributed by atoms with Crippen molar-refractivity contribution in [3.8, 4) is 0 Å². The Morgan fingerprint density at radius 3 is 1.92 bits per heavy atom. The average Bonchev–Trinajstić information content (AvgIpc) is 2.90. The summed E-state index contributed by atoms with van der Waals surface area (Å²) in [5, 5.41) is 0. The van der Waals surface area contributed by atoms with E-state index in [2.05, 4.69) is 6.92 Å². The molecule has 0 aliphatic carbocycles. The summed E-state index contributed by atoms with van der Waals surface area (Å²) in [6.07, 6.45) is -1.70. The van der Waals surface area contributed by atoms with Gasteiger partial charge in [-0.3, -0.25) is 0 Å². The van der Waals surface area contributed by atoms with E-state index < -0.39 is 23.8 Å². The van der Waals surface area contributed by atoms with E-state index in [1.807, 2.05) is 74.5 Å². The van der Waals surface area contributed by atoms with E-state index in [1.165, 1.54) is 0 Å². The molecule has 7 atom stereocenters. The van der Waals surface area contributed by atoms with Crippen molar-refractivity contribution in [3.05, 3.63) is 71.8 Å². The van der Waals surface area contributed by atoms with E-state index in [0.29, 0.717) is 19.8 Å². The van der Waals surface area contributed by atoms with Crippen LogP contribution in [0.5, 0.6) is 0 Å². The lowest BCUT2D eigenvalue weighted by atomic mass is 9.94. The molecule has 2 aromatic carbocycles. The van der Waals surface area contributed by atoms with Crippen molar-refractivity contribution in [1.82, 2.24) is 0 Å². The molecule has 2 aliphatic rings. The van der Waals surface area contributed by atoms with Gasteiger partial charge in [0.05, 0.1) is 19.8 Å². The first kappa shape index (κ1) is 27.5. The molecule has 0 N–H and O–H groups in total. The number of hydrogen-bond donors (Lipinski definition) is 0. The number of ether oxygens (including phenoxy) is 7. The molecule has 198 valence electrons. The van der Waals surface area contributed by atoms with Crippen LogP contribution in [-0.2, 0) is 46.4 Å². The SMILES string of the molecule is CCS[C@@H]1O[C@H](COCc2ccccc2)[C@H]2OC(C)(OC)C(C)(OC)O[C@@H]2[C@H]1OCc1ccccc1. The minimum absolute atomic E-state index is 0.262. The first-order valence-corrected chi connectivity index (χ1v) is 13.5. The van der Waals surface area contributed by atoms with Gasteiger partial charge in [0.15, 0.2) is 0 Å². The Morgan fingerprint density at radius 1 is 0.806 bits per heavy atom. The number of hydrogen-bond acceptors (Lipinski definition) is 8. The highest BCUT2D eigenvalue weighted by atomic mass is 32.2. The van der Waals surface area contributed by atoms with Crippen LogP contribution < -0.4 is 0 Å². The van der Waals surface area contributed by atoms with Crippen LogP contribution in [0.3, 0.4) is 0 Å². The highest BCUT2D eigenvalue weighted by Gasteiger charge is 2.62. The van der Waals surface area contributed by atoms with Crippen molar-refractivity contribution in [2.75, 3.05) is 26.6 Å². The van der Waals surface area contributed by atoms with Gasteiger partial charge in [-0.25, -0.2) is 0 Å². The maximum atomic E-state index is 6.66. The Balaban J connectivity index is 1.57. The lowest BCUT2D eigenvalue weighted by Gasteiger charge is -2.57. The largest absolute Gasteiger partial charge is 0.374 e. The maximum absolute atomic E-state index is 6.66. The van der Waals surface area contributed by atoms with Crippen LogP contribution >= 0.6 is 11.8 Å². The molecule has 0 aromatic heterocycles. The van der Waals surface area contributed by atoms with Crippen molar-refractivity contribution in [3.63, 3.8) is 0 Å². The smallest absolute Gasteiger partial charge is 0.220 e. The third kappa shape index (κ3) is 5.97. The first-order chi connectivity index (χ1) is 17.4. The lowest BCUT2D eigenvalue weighted by Crippen LogP contribution is -2.72. The third-order valence-electron chi connectivity index (χ3n) is 6.93. The molecule has 2 unspecified atom stereocenters. The van der Waals surface area contributed by atoms with E-state index in [1.54, 1.807) is 26.0 Å². The van der Waals surface area contributed by atoms with Crippen molar-refractivity contribution in [2.45, 2.75) is 75.4 Å². The summed E-state index contributed by atoms with van der Waals surface area (Å²) in [5.74, 6) is -1.44. The van der Waals surface area contributed by atoms with Crippen LogP contribution in [0.15, 0.2) is 60.7 Å². The van der Waals surface area contributed by atoms with E-state index in [0.717, 1.165) is 16.9 Å². The number of fused-ring (bicyclic) bond motifs is 1. The van der Waals surface area contributed by atoms with E-state index >= 15 is 0 Å². The zero-order chi connectivity index (χ0) is 25.6. The molecule has 0 saturated carbocycles. The molecule has 0 radical (unpaired) electrons. The van der Waals surface area contributed by atoms with Gasteiger partial charge in [-0.15, -0.1) is 11.8 Å².